The number of nitrogens with one attached hydrogen (secondary N) is 1. The molecule has 2 N–H and O–H groups in total. The number of hydrogen-bond acceptors (Lipinski definition) is 5. The van der Waals surface area contributed by atoms with Crippen molar-refractivity contribution in [3.05, 3.63) is 35.7 Å². The molecule has 6 heteroatoms. The molecule has 0 fully saturated rings. The van der Waals surface area contributed by atoms with Gasteiger partial charge in [-0.1, -0.05) is 30.6 Å². The lowest BCUT2D eigenvalue weighted by atomic mass is 10.00. The lowest BCUT2D eigenvalue weighted by molar-refractivity contribution is 0.0943. The van der Waals surface area contributed by atoms with Crippen molar-refractivity contribution in [2.75, 3.05) is 13.2 Å². The molecule has 0 aliphatic rings. The summed E-state index contributed by atoms with van der Waals surface area (Å²) < 4.78 is 5.17. The molecule has 0 radical (unpaired) electrons. The SMILES string of the molecule is CCCC(CCO)CNC(=O)c1ccccc1-c1nc(C)no1. The Morgan fingerprint density at radius 2 is 2.13 bits per heavy atom. The van der Waals surface area contributed by atoms with Gasteiger partial charge in [-0.2, -0.15) is 4.98 Å². The van der Waals surface area contributed by atoms with Crippen molar-refractivity contribution in [3.63, 3.8) is 0 Å². The van der Waals surface area contributed by atoms with Gasteiger partial charge in [0.2, 0.25) is 0 Å². The molecule has 1 aromatic carbocycles. The monoisotopic (exact) mass is 317 g/mol. The van der Waals surface area contributed by atoms with Crippen LogP contribution in [0.25, 0.3) is 11.5 Å². The molecule has 0 saturated carbocycles. The zero-order chi connectivity index (χ0) is 16.7. The first kappa shape index (κ1) is 17.1. The van der Waals surface area contributed by atoms with Crippen molar-refractivity contribution in [1.29, 1.82) is 0 Å². The van der Waals surface area contributed by atoms with Crippen LogP contribution in [-0.2, 0) is 0 Å². The standard InChI is InChI=1S/C17H23N3O3/c1-3-6-13(9-10-21)11-18-16(22)14-7-4-5-8-15(14)17-19-12(2)20-23-17/h4-5,7-8,13,21H,3,6,9-11H2,1-2H3,(H,18,22). The van der Waals surface area contributed by atoms with E-state index in [1.807, 2.05) is 6.07 Å². The van der Waals surface area contributed by atoms with Crippen LogP contribution < -0.4 is 5.32 Å². The first-order valence-corrected chi connectivity index (χ1v) is 7.94. The number of amides is 1. The van der Waals surface area contributed by atoms with Crippen LogP contribution in [0.1, 0.15) is 42.4 Å². The molecule has 2 rings (SSSR count). The molecule has 1 heterocycles. The van der Waals surface area contributed by atoms with Crippen molar-refractivity contribution in [1.82, 2.24) is 15.5 Å². The largest absolute Gasteiger partial charge is 0.396 e. The number of aryl methyl sites for hydroxylation is 1. The molecular weight excluding hydrogens is 294 g/mol. The average molecular weight is 317 g/mol. The number of aliphatic hydroxyl groups is 1. The van der Waals surface area contributed by atoms with E-state index in [1.54, 1.807) is 25.1 Å². The summed E-state index contributed by atoms with van der Waals surface area (Å²) in [6.07, 6.45) is 2.70. The van der Waals surface area contributed by atoms with E-state index in [4.69, 9.17) is 9.63 Å². The first-order valence-electron chi connectivity index (χ1n) is 7.94. The molecule has 0 aliphatic heterocycles. The minimum Gasteiger partial charge on any atom is -0.396 e. The predicted octanol–water partition coefficient (Wildman–Crippen LogP) is 2.57. The number of carbonyl (C=O) groups excluding carboxylic acids is 1. The van der Waals surface area contributed by atoms with Crippen molar-refractivity contribution in [2.45, 2.75) is 33.1 Å². The van der Waals surface area contributed by atoms with Gasteiger partial charge in [0.15, 0.2) is 5.82 Å². The Kier molecular flexibility index (Phi) is 6.29. The lowest BCUT2D eigenvalue weighted by Crippen LogP contribution is -2.30. The first-order chi connectivity index (χ1) is 11.2. The smallest absolute Gasteiger partial charge is 0.258 e. The molecule has 1 unspecified atom stereocenters. The van der Waals surface area contributed by atoms with E-state index in [0.717, 1.165) is 12.8 Å². The zero-order valence-corrected chi connectivity index (χ0v) is 13.6. The molecule has 0 spiro atoms. The van der Waals surface area contributed by atoms with Crippen molar-refractivity contribution in [3.8, 4) is 11.5 Å². The van der Waals surface area contributed by atoms with Gasteiger partial charge >= 0.3 is 0 Å². The van der Waals surface area contributed by atoms with Crippen molar-refractivity contribution in [2.24, 2.45) is 5.92 Å². The number of aliphatic hydroxyl groups excluding tert-OH is 1. The lowest BCUT2D eigenvalue weighted by Gasteiger charge is -2.16. The van der Waals surface area contributed by atoms with Gasteiger partial charge in [-0.25, -0.2) is 0 Å². The summed E-state index contributed by atoms with van der Waals surface area (Å²) in [5.41, 5.74) is 1.13. The van der Waals surface area contributed by atoms with Crippen LogP contribution in [0, 0.1) is 12.8 Å². The summed E-state index contributed by atoms with van der Waals surface area (Å²) in [6.45, 7) is 4.52. The summed E-state index contributed by atoms with van der Waals surface area (Å²) in [6, 6.07) is 7.17. The molecule has 2 aromatic rings. The highest BCUT2D eigenvalue weighted by Gasteiger charge is 2.17. The Labute approximate surface area is 135 Å². The second kappa shape index (κ2) is 8.43. The number of nitrogens with zero attached hydrogens (tertiary/aromatic N) is 2. The van der Waals surface area contributed by atoms with Crippen LogP contribution >= 0.6 is 0 Å². The number of hydrogen-bond donors (Lipinski definition) is 2. The second-order valence-electron chi connectivity index (χ2n) is 5.57. The Morgan fingerprint density at radius 1 is 1.35 bits per heavy atom. The van der Waals surface area contributed by atoms with Crippen LogP contribution in [0.3, 0.4) is 0 Å². The molecule has 0 aliphatic carbocycles. The maximum Gasteiger partial charge on any atom is 0.258 e. The van der Waals surface area contributed by atoms with Gasteiger partial charge in [-0.3, -0.25) is 4.79 Å². The van der Waals surface area contributed by atoms with E-state index in [2.05, 4.69) is 22.4 Å². The quantitative estimate of drug-likeness (QED) is 0.781. The Morgan fingerprint density at radius 3 is 2.78 bits per heavy atom. The van der Waals surface area contributed by atoms with E-state index in [-0.39, 0.29) is 18.4 Å². The van der Waals surface area contributed by atoms with Gasteiger partial charge in [0.1, 0.15) is 0 Å². The highest BCUT2D eigenvalue weighted by molar-refractivity contribution is 5.99. The summed E-state index contributed by atoms with van der Waals surface area (Å²) in [4.78, 5) is 16.7. The molecule has 1 aromatic heterocycles. The maximum atomic E-state index is 12.5. The summed E-state index contributed by atoms with van der Waals surface area (Å²) in [5.74, 6) is 0.983. The molecule has 6 nitrogen and oxygen atoms in total. The molecular formula is C17H23N3O3. The Balaban J connectivity index is 2.10. The third kappa shape index (κ3) is 4.63. The number of rotatable bonds is 8. The minimum atomic E-state index is -0.171. The van der Waals surface area contributed by atoms with Gasteiger partial charge in [0.05, 0.1) is 11.1 Å². The molecule has 23 heavy (non-hydrogen) atoms. The van der Waals surface area contributed by atoms with Crippen LogP contribution in [-0.4, -0.2) is 34.3 Å². The van der Waals surface area contributed by atoms with Crippen LogP contribution in [0.2, 0.25) is 0 Å². The molecule has 0 bridgehead atoms. The maximum absolute atomic E-state index is 12.5. The van der Waals surface area contributed by atoms with Gasteiger partial charge in [-0.05, 0) is 37.8 Å². The molecule has 0 saturated heterocycles. The fourth-order valence-electron chi connectivity index (χ4n) is 2.55. The number of aromatic nitrogens is 2. The average Bonchev–Trinajstić information content (AvgIpc) is 2.99. The van der Waals surface area contributed by atoms with Crippen LogP contribution in [0.15, 0.2) is 28.8 Å². The molecule has 1 amide bonds. The number of carbonyl (C=O) groups is 1. The Hall–Kier alpha value is -2.21. The van der Waals surface area contributed by atoms with E-state index >= 15 is 0 Å². The van der Waals surface area contributed by atoms with E-state index in [0.29, 0.717) is 35.8 Å². The Bertz CT molecular complexity index is 634. The van der Waals surface area contributed by atoms with Gasteiger partial charge in [-0.15, -0.1) is 0 Å². The number of benzene rings is 1. The fourth-order valence-corrected chi connectivity index (χ4v) is 2.55. The topological polar surface area (TPSA) is 88.2 Å². The molecule has 124 valence electrons. The van der Waals surface area contributed by atoms with Gasteiger partial charge in [0.25, 0.3) is 11.8 Å². The molecule has 1 atom stereocenters. The van der Waals surface area contributed by atoms with E-state index in [9.17, 15) is 4.79 Å². The summed E-state index contributed by atoms with van der Waals surface area (Å²) >= 11 is 0. The zero-order valence-electron chi connectivity index (χ0n) is 13.6. The van der Waals surface area contributed by atoms with Crippen molar-refractivity contribution < 1.29 is 14.4 Å². The highest BCUT2D eigenvalue weighted by atomic mass is 16.5. The van der Waals surface area contributed by atoms with Crippen LogP contribution in [0.4, 0.5) is 0 Å². The van der Waals surface area contributed by atoms with E-state index < -0.39 is 0 Å². The normalized spacial score (nSPS) is 12.1. The second-order valence-corrected chi connectivity index (χ2v) is 5.57. The van der Waals surface area contributed by atoms with Gasteiger partial charge in [0, 0.05) is 13.2 Å². The fraction of sp³-hybridized carbons (Fsp3) is 0.471. The third-order valence-corrected chi connectivity index (χ3v) is 3.72. The van der Waals surface area contributed by atoms with E-state index in [1.165, 1.54) is 0 Å². The van der Waals surface area contributed by atoms with Crippen LogP contribution in [0.5, 0.6) is 0 Å². The third-order valence-electron chi connectivity index (χ3n) is 3.72. The summed E-state index contributed by atoms with van der Waals surface area (Å²) in [5, 5.41) is 15.8. The summed E-state index contributed by atoms with van der Waals surface area (Å²) in [7, 11) is 0. The minimum absolute atomic E-state index is 0.137. The highest BCUT2D eigenvalue weighted by Crippen LogP contribution is 2.22. The predicted molar refractivity (Wildman–Crippen MR) is 86.9 cm³/mol. The van der Waals surface area contributed by atoms with Gasteiger partial charge < -0.3 is 14.9 Å². The van der Waals surface area contributed by atoms with Crippen molar-refractivity contribution >= 4 is 5.91 Å².